The summed E-state index contributed by atoms with van der Waals surface area (Å²) in [5, 5.41) is 10.8. The number of non-ortho nitro benzene ring substituents is 1. The summed E-state index contributed by atoms with van der Waals surface area (Å²) in [6, 6.07) is 9.02. The van der Waals surface area contributed by atoms with E-state index in [1.54, 1.807) is 23.1 Å². The first-order valence-electron chi connectivity index (χ1n) is 7.87. The molecule has 1 aromatic carbocycles. The van der Waals surface area contributed by atoms with E-state index in [-0.39, 0.29) is 23.9 Å². The molecule has 0 spiro atoms. The van der Waals surface area contributed by atoms with Crippen LogP contribution in [0.25, 0.3) is 0 Å². The topological polar surface area (TPSA) is 96.9 Å². The van der Waals surface area contributed by atoms with Gasteiger partial charge in [0.15, 0.2) is 5.76 Å². The van der Waals surface area contributed by atoms with E-state index in [0.29, 0.717) is 37.5 Å². The van der Waals surface area contributed by atoms with E-state index in [2.05, 4.69) is 0 Å². The number of nitro benzene ring substituents is 1. The molecular weight excluding hydrogens is 326 g/mol. The van der Waals surface area contributed by atoms with Gasteiger partial charge in [-0.05, 0) is 18.2 Å². The molecule has 2 aromatic rings. The van der Waals surface area contributed by atoms with Gasteiger partial charge in [-0.15, -0.1) is 0 Å². The molecule has 130 valence electrons. The number of nitro groups is 1. The number of amides is 1. The van der Waals surface area contributed by atoms with E-state index in [0.717, 1.165) is 0 Å². The summed E-state index contributed by atoms with van der Waals surface area (Å²) in [5.74, 6) is -0.000673. The van der Waals surface area contributed by atoms with Gasteiger partial charge < -0.3 is 9.32 Å². The van der Waals surface area contributed by atoms with Crippen molar-refractivity contribution in [3.8, 4) is 0 Å². The number of ketones is 1. The van der Waals surface area contributed by atoms with Crippen molar-refractivity contribution in [1.29, 1.82) is 0 Å². The van der Waals surface area contributed by atoms with Gasteiger partial charge in [0.25, 0.3) is 11.6 Å². The molecule has 0 aliphatic carbocycles. The molecular formula is C17H17N3O5. The first-order valence-corrected chi connectivity index (χ1v) is 7.87. The zero-order valence-electron chi connectivity index (χ0n) is 13.5. The molecule has 1 aliphatic rings. The van der Waals surface area contributed by atoms with Gasteiger partial charge in [0.1, 0.15) is 0 Å². The number of benzene rings is 1. The predicted molar refractivity (Wildman–Crippen MR) is 88.5 cm³/mol. The Morgan fingerprint density at radius 3 is 2.52 bits per heavy atom. The molecule has 0 bridgehead atoms. The Kier molecular flexibility index (Phi) is 4.90. The molecule has 0 atom stereocenters. The third kappa shape index (κ3) is 3.92. The fourth-order valence-corrected chi connectivity index (χ4v) is 2.76. The molecule has 8 nitrogen and oxygen atoms in total. The second kappa shape index (κ2) is 7.27. The standard InChI is InChI=1S/C17H17N3O5/c21-15(16-5-2-10-25-16)12-18-6-8-19(9-7-18)17(22)13-3-1-4-14(11-13)20(23)24/h1-5,10-11H,6-9,12H2. The van der Waals surface area contributed by atoms with Crippen molar-refractivity contribution in [3.63, 3.8) is 0 Å². The van der Waals surface area contributed by atoms with Gasteiger partial charge in [0.05, 0.1) is 17.7 Å². The summed E-state index contributed by atoms with van der Waals surface area (Å²) in [4.78, 5) is 38.4. The Bertz CT molecular complexity index is 779. The van der Waals surface area contributed by atoms with Gasteiger partial charge in [-0.25, -0.2) is 0 Å². The lowest BCUT2D eigenvalue weighted by Crippen LogP contribution is -2.49. The molecule has 0 unspecified atom stereocenters. The van der Waals surface area contributed by atoms with Crippen LogP contribution in [0.4, 0.5) is 5.69 Å². The highest BCUT2D eigenvalue weighted by Gasteiger charge is 2.25. The SMILES string of the molecule is O=C(CN1CCN(C(=O)c2cccc([N+](=O)[O-])c2)CC1)c1ccco1. The maximum Gasteiger partial charge on any atom is 0.270 e. The number of furan rings is 1. The van der Waals surface area contributed by atoms with Crippen LogP contribution in [0.15, 0.2) is 47.1 Å². The summed E-state index contributed by atoms with van der Waals surface area (Å²) in [7, 11) is 0. The lowest BCUT2D eigenvalue weighted by atomic mass is 10.1. The molecule has 2 heterocycles. The molecule has 1 amide bonds. The minimum absolute atomic E-state index is 0.0940. The van der Waals surface area contributed by atoms with E-state index in [1.807, 2.05) is 4.90 Å². The zero-order chi connectivity index (χ0) is 17.8. The molecule has 0 radical (unpaired) electrons. The fourth-order valence-electron chi connectivity index (χ4n) is 2.76. The number of hydrogen-bond acceptors (Lipinski definition) is 6. The Morgan fingerprint density at radius 1 is 1.12 bits per heavy atom. The van der Waals surface area contributed by atoms with Crippen molar-refractivity contribution in [2.24, 2.45) is 0 Å². The molecule has 0 saturated carbocycles. The van der Waals surface area contributed by atoms with Crippen LogP contribution < -0.4 is 0 Å². The number of piperazine rings is 1. The second-order valence-electron chi connectivity index (χ2n) is 5.78. The zero-order valence-corrected chi connectivity index (χ0v) is 13.5. The minimum Gasteiger partial charge on any atom is -0.461 e. The normalized spacial score (nSPS) is 15.1. The average molecular weight is 343 g/mol. The molecule has 25 heavy (non-hydrogen) atoms. The van der Waals surface area contributed by atoms with E-state index >= 15 is 0 Å². The van der Waals surface area contributed by atoms with Gasteiger partial charge >= 0.3 is 0 Å². The molecule has 0 N–H and O–H groups in total. The molecule has 8 heteroatoms. The summed E-state index contributed by atoms with van der Waals surface area (Å²) >= 11 is 0. The van der Waals surface area contributed by atoms with Gasteiger partial charge in [-0.3, -0.25) is 24.6 Å². The van der Waals surface area contributed by atoms with Crippen LogP contribution in [0.3, 0.4) is 0 Å². The largest absolute Gasteiger partial charge is 0.461 e. The van der Waals surface area contributed by atoms with Crippen molar-refractivity contribution < 1.29 is 18.9 Å². The summed E-state index contributed by atoms with van der Waals surface area (Å²) in [5.41, 5.74) is 0.197. The van der Waals surface area contributed by atoms with Crippen LogP contribution in [-0.4, -0.2) is 59.1 Å². The Hall–Kier alpha value is -3.00. The van der Waals surface area contributed by atoms with E-state index in [1.165, 1.54) is 24.5 Å². The highest BCUT2D eigenvalue weighted by molar-refractivity contribution is 5.95. The minimum atomic E-state index is -0.519. The number of Topliss-reactive ketones (excluding diaryl/α,β-unsaturated/α-hetero) is 1. The van der Waals surface area contributed by atoms with Crippen LogP contribution >= 0.6 is 0 Å². The third-order valence-electron chi connectivity index (χ3n) is 4.13. The maximum atomic E-state index is 12.5. The van der Waals surface area contributed by atoms with Crippen LogP contribution in [-0.2, 0) is 0 Å². The Labute approximate surface area is 143 Å². The first-order chi connectivity index (χ1) is 12.0. The number of nitrogens with zero attached hydrogens (tertiary/aromatic N) is 3. The van der Waals surface area contributed by atoms with Gasteiger partial charge in [0, 0.05) is 43.9 Å². The molecule has 1 saturated heterocycles. The smallest absolute Gasteiger partial charge is 0.270 e. The third-order valence-corrected chi connectivity index (χ3v) is 4.13. The van der Waals surface area contributed by atoms with Crippen molar-refractivity contribution in [2.45, 2.75) is 0 Å². The van der Waals surface area contributed by atoms with Crippen LogP contribution in [0.5, 0.6) is 0 Å². The fraction of sp³-hybridized carbons (Fsp3) is 0.294. The summed E-state index contributed by atoms with van der Waals surface area (Å²) in [6.07, 6.45) is 1.46. The van der Waals surface area contributed by atoms with Crippen molar-refractivity contribution in [3.05, 3.63) is 64.1 Å². The van der Waals surface area contributed by atoms with Crippen LogP contribution in [0.1, 0.15) is 20.9 Å². The van der Waals surface area contributed by atoms with Gasteiger partial charge in [-0.2, -0.15) is 0 Å². The van der Waals surface area contributed by atoms with E-state index < -0.39 is 4.92 Å². The van der Waals surface area contributed by atoms with Gasteiger partial charge in [0.2, 0.25) is 5.78 Å². The summed E-state index contributed by atoms with van der Waals surface area (Å²) < 4.78 is 5.09. The molecule has 1 aliphatic heterocycles. The van der Waals surface area contributed by atoms with Gasteiger partial charge in [-0.1, -0.05) is 6.07 Å². The summed E-state index contributed by atoms with van der Waals surface area (Å²) in [6.45, 7) is 2.30. The predicted octanol–water partition coefficient (Wildman–Crippen LogP) is 1.83. The number of rotatable bonds is 5. The second-order valence-corrected chi connectivity index (χ2v) is 5.78. The highest BCUT2D eigenvalue weighted by atomic mass is 16.6. The van der Waals surface area contributed by atoms with Crippen molar-refractivity contribution >= 4 is 17.4 Å². The Balaban J connectivity index is 1.56. The van der Waals surface area contributed by atoms with Crippen LogP contribution in [0, 0.1) is 10.1 Å². The number of hydrogen-bond donors (Lipinski definition) is 0. The molecule has 1 aromatic heterocycles. The van der Waals surface area contributed by atoms with Crippen molar-refractivity contribution in [1.82, 2.24) is 9.80 Å². The van der Waals surface area contributed by atoms with Crippen molar-refractivity contribution in [2.75, 3.05) is 32.7 Å². The number of carbonyl (C=O) groups excluding carboxylic acids is 2. The maximum absolute atomic E-state index is 12.5. The monoisotopic (exact) mass is 343 g/mol. The van der Waals surface area contributed by atoms with E-state index in [4.69, 9.17) is 4.42 Å². The quantitative estimate of drug-likeness (QED) is 0.467. The lowest BCUT2D eigenvalue weighted by Gasteiger charge is -2.34. The molecule has 3 rings (SSSR count). The highest BCUT2D eigenvalue weighted by Crippen LogP contribution is 2.16. The lowest BCUT2D eigenvalue weighted by molar-refractivity contribution is -0.384. The average Bonchev–Trinajstić information content (AvgIpc) is 3.17. The van der Waals surface area contributed by atoms with Crippen LogP contribution in [0.2, 0.25) is 0 Å². The number of carbonyl (C=O) groups is 2. The first kappa shape index (κ1) is 16.8. The Morgan fingerprint density at radius 2 is 1.88 bits per heavy atom. The molecule has 1 fully saturated rings. The van der Waals surface area contributed by atoms with E-state index in [9.17, 15) is 19.7 Å².